The number of benzene rings is 1. The Morgan fingerprint density at radius 3 is 2.31 bits per heavy atom. The van der Waals surface area contributed by atoms with Gasteiger partial charge in [0.15, 0.2) is 0 Å². The standard InChI is InChI=1S/C18H29N3O3S.ClH/c1-13(2)20(4)25(23,24)17-9-7-15(8-10-17)18(22)21-11-5-6-16(12-21)14(3)19;/h7-10,13-14,16H,5-6,11-12,19H2,1-4H3;1H. The summed E-state index contributed by atoms with van der Waals surface area (Å²) in [7, 11) is -1.98. The van der Waals surface area contributed by atoms with Gasteiger partial charge < -0.3 is 10.6 Å². The van der Waals surface area contributed by atoms with Gasteiger partial charge in [0.05, 0.1) is 4.90 Å². The lowest BCUT2D eigenvalue weighted by Gasteiger charge is -2.34. The zero-order chi connectivity index (χ0) is 18.8. The number of rotatable bonds is 5. The fourth-order valence-electron chi connectivity index (χ4n) is 3.02. The van der Waals surface area contributed by atoms with Crippen LogP contribution < -0.4 is 5.73 Å². The van der Waals surface area contributed by atoms with E-state index in [1.165, 1.54) is 16.4 Å². The summed E-state index contributed by atoms with van der Waals surface area (Å²) in [5.41, 5.74) is 6.49. The van der Waals surface area contributed by atoms with Crippen molar-refractivity contribution in [3.8, 4) is 0 Å². The monoisotopic (exact) mass is 403 g/mol. The van der Waals surface area contributed by atoms with Crippen molar-refractivity contribution in [1.29, 1.82) is 0 Å². The first-order chi connectivity index (χ1) is 11.6. The molecule has 2 atom stereocenters. The van der Waals surface area contributed by atoms with Crippen LogP contribution in [0.2, 0.25) is 0 Å². The van der Waals surface area contributed by atoms with Crippen LogP contribution in [0.4, 0.5) is 0 Å². The molecule has 2 rings (SSSR count). The number of carbonyl (C=O) groups is 1. The minimum absolute atomic E-state index is 0. The Bertz CT molecular complexity index is 705. The summed E-state index contributed by atoms with van der Waals surface area (Å²) in [6.45, 7) is 7.00. The SMILES string of the molecule is CC(N)C1CCCN(C(=O)c2ccc(S(=O)(=O)N(C)C(C)C)cc2)C1.Cl. The number of hydrogen-bond donors (Lipinski definition) is 1. The van der Waals surface area contributed by atoms with Crippen LogP contribution in [0.5, 0.6) is 0 Å². The summed E-state index contributed by atoms with van der Waals surface area (Å²) >= 11 is 0. The number of hydrogen-bond acceptors (Lipinski definition) is 4. The van der Waals surface area contributed by atoms with E-state index in [1.54, 1.807) is 19.2 Å². The maximum Gasteiger partial charge on any atom is 0.253 e. The Labute approximate surface area is 163 Å². The summed E-state index contributed by atoms with van der Waals surface area (Å²) in [5, 5.41) is 0. The van der Waals surface area contributed by atoms with E-state index in [4.69, 9.17) is 5.73 Å². The van der Waals surface area contributed by atoms with Gasteiger partial charge in [0.25, 0.3) is 5.91 Å². The predicted octanol–water partition coefficient (Wildman–Crippen LogP) is 2.34. The average molecular weight is 404 g/mol. The zero-order valence-corrected chi connectivity index (χ0v) is 17.5. The van der Waals surface area contributed by atoms with Gasteiger partial charge in [0, 0.05) is 37.8 Å². The van der Waals surface area contributed by atoms with Crippen LogP contribution in [0, 0.1) is 5.92 Å². The second-order valence-electron chi connectivity index (χ2n) is 7.15. The minimum atomic E-state index is -3.53. The molecule has 0 radical (unpaired) electrons. The zero-order valence-electron chi connectivity index (χ0n) is 15.9. The fraction of sp³-hybridized carbons (Fsp3) is 0.611. The van der Waals surface area contributed by atoms with Gasteiger partial charge in [-0.3, -0.25) is 4.79 Å². The van der Waals surface area contributed by atoms with E-state index in [1.807, 2.05) is 25.7 Å². The molecule has 2 N–H and O–H groups in total. The first-order valence-corrected chi connectivity index (χ1v) is 10.2. The summed E-state index contributed by atoms with van der Waals surface area (Å²) in [6, 6.07) is 6.14. The van der Waals surface area contributed by atoms with Crippen LogP contribution in [-0.2, 0) is 10.0 Å². The molecule has 26 heavy (non-hydrogen) atoms. The van der Waals surface area contributed by atoms with Gasteiger partial charge in [-0.2, -0.15) is 4.31 Å². The molecule has 8 heteroatoms. The molecule has 0 bridgehead atoms. The van der Waals surface area contributed by atoms with Gasteiger partial charge in [0.2, 0.25) is 10.0 Å². The molecule has 2 unspecified atom stereocenters. The lowest BCUT2D eigenvalue weighted by atomic mass is 9.92. The molecule has 148 valence electrons. The van der Waals surface area contributed by atoms with Crippen molar-refractivity contribution < 1.29 is 13.2 Å². The minimum Gasteiger partial charge on any atom is -0.338 e. The van der Waals surface area contributed by atoms with E-state index >= 15 is 0 Å². The highest BCUT2D eigenvalue weighted by Crippen LogP contribution is 2.22. The van der Waals surface area contributed by atoms with Crippen molar-refractivity contribution in [3.63, 3.8) is 0 Å². The number of likely N-dealkylation sites (tertiary alicyclic amines) is 1. The number of carbonyl (C=O) groups excluding carboxylic acids is 1. The summed E-state index contributed by atoms with van der Waals surface area (Å²) < 4.78 is 26.3. The Morgan fingerprint density at radius 1 is 1.23 bits per heavy atom. The highest BCUT2D eigenvalue weighted by Gasteiger charge is 2.27. The van der Waals surface area contributed by atoms with Crippen LogP contribution in [0.25, 0.3) is 0 Å². The van der Waals surface area contributed by atoms with Crippen molar-refractivity contribution in [3.05, 3.63) is 29.8 Å². The second kappa shape index (κ2) is 9.17. The quantitative estimate of drug-likeness (QED) is 0.817. The Kier molecular flexibility index (Phi) is 8.07. The van der Waals surface area contributed by atoms with Gasteiger partial charge in [-0.15, -0.1) is 12.4 Å². The van der Waals surface area contributed by atoms with E-state index in [9.17, 15) is 13.2 Å². The predicted molar refractivity (Wildman–Crippen MR) is 106 cm³/mol. The molecule has 1 amide bonds. The number of nitrogens with zero attached hydrogens (tertiary/aromatic N) is 2. The van der Waals surface area contributed by atoms with Crippen molar-refractivity contribution in [2.75, 3.05) is 20.1 Å². The number of nitrogens with two attached hydrogens (primary N) is 1. The number of halogens is 1. The van der Waals surface area contributed by atoms with E-state index in [0.717, 1.165) is 19.4 Å². The number of sulfonamides is 1. The summed E-state index contributed by atoms with van der Waals surface area (Å²) in [5.74, 6) is 0.253. The van der Waals surface area contributed by atoms with Crippen LogP contribution >= 0.6 is 12.4 Å². The van der Waals surface area contributed by atoms with E-state index in [0.29, 0.717) is 18.0 Å². The highest BCUT2D eigenvalue weighted by molar-refractivity contribution is 7.89. The molecule has 1 saturated heterocycles. The highest BCUT2D eigenvalue weighted by atomic mass is 35.5. The van der Waals surface area contributed by atoms with Gasteiger partial charge in [0.1, 0.15) is 0 Å². The topological polar surface area (TPSA) is 83.7 Å². The van der Waals surface area contributed by atoms with Crippen molar-refractivity contribution in [1.82, 2.24) is 9.21 Å². The maximum absolute atomic E-state index is 12.7. The van der Waals surface area contributed by atoms with Gasteiger partial charge in [-0.05, 0) is 63.8 Å². The average Bonchev–Trinajstić information content (AvgIpc) is 2.60. The van der Waals surface area contributed by atoms with Crippen molar-refractivity contribution in [2.24, 2.45) is 11.7 Å². The molecule has 6 nitrogen and oxygen atoms in total. The molecule has 0 saturated carbocycles. The smallest absolute Gasteiger partial charge is 0.253 e. The van der Waals surface area contributed by atoms with Gasteiger partial charge in [-0.1, -0.05) is 0 Å². The molecule has 0 spiro atoms. The molecular weight excluding hydrogens is 374 g/mol. The molecule has 1 fully saturated rings. The van der Waals surface area contributed by atoms with Crippen molar-refractivity contribution in [2.45, 2.75) is 50.6 Å². The summed E-state index contributed by atoms with van der Waals surface area (Å²) in [6.07, 6.45) is 1.99. The first kappa shape index (κ1) is 22.9. The van der Waals surface area contributed by atoms with Crippen LogP contribution in [0.1, 0.15) is 44.0 Å². The molecule has 1 aromatic rings. The molecule has 1 aromatic carbocycles. The van der Waals surface area contributed by atoms with Crippen molar-refractivity contribution >= 4 is 28.3 Å². The Morgan fingerprint density at radius 2 is 1.81 bits per heavy atom. The third-order valence-corrected chi connectivity index (χ3v) is 7.04. The van der Waals surface area contributed by atoms with Crippen LogP contribution in [0.15, 0.2) is 29.2 Å². The number of amides is 1. The molecule has 1 aliphatic rings. The second-order valence-corrected chi connectivity index (χ2v) is 9.15. The molecule has 0 aliphatic carbocycles. The van der Waals surface area contributed by atoms with Crippen LogP contribution in [0.3, 0.4) is 0 Å². The lowest BCUT2D eigenvalue weighted by Crippen LogP contribution is -2.45. The Balaban J connectivity index is 0.00000338. The van der Waals surface area contributed by atoms with Crippen LogP contribution in [-0.4, -0.2) is 55.8 Å². The summed E-state index contributed by atoms with van der Waals surface area (Å²) in [4.78, 5) is 14.7. The molecular formula is C18H30ClN3O3S. The van der Waals surface area contributed by atoms with Gasteiger partial charge in [-0.25, -0.2) is 8.42 Å². The van der Waals surface area contributed by atoms with E-state index < -0.39 is 10.0 Å². The third kappa shape index (κ3) is 4.97. The normalized spacial score (nSPS) is 19.3. The number of piperidine rings is 1. The molecule has 0 aromatic heterocycles. The Hall–Kier alpha value is -1.15. The fourth-order valence-corrected chi connectivity index (χ4v) is 4.39. The molecule has 1 heterocycles. The first-order valence-electron chi connectivity index (χ1n) is 8.77. The van der Waals surface area contributed by atoms with E-state index in [2.05, 4.69) is 0 Å². The van der Waals surface area contributed by atoms with E-state index in [-0.39, 0.29) is 35.3 Å². The van der Waals surface area contributed by atoms with Gasteiger partial charge >= 0.3 is 0 Å². The largest absolute Gasteiger partial charge is 0.338 e. The lowest BCUT2D eigenvalue weighted by molar-refractivity contribution is 0.0661. The third-order valence-electron chi connectivity index (χ3n) is 4.99. The molecule has 1 aliphatic heterocycles. The maximum atomic E-state index is 12.7.